The van der Waals surface area contributed by atoms with E-state index in [9.17, 15) is 0 Å². The van der Waals surface area contributed by atoms with E-state index in [1.54, 1.807) is 18.5 Å². The second kappa shape index (κ2) is 5.79. The maximum absolute atomic E-state index is 4.52. The fraction of sp³-hybridized carbons (Fsp3) is 0. The first-order valence-corrected chi connectivity index (χ1v) is 6.13. The topological polar surface area (TPSA) is 64.5 Å². The number of hydrogen-bond acceptors (Lipinski definition) is 5. The molecular formula is C15H11N5. The average Bonchev–Trinajstić information content (AvgIpc) is 2.55. The summed E-state index contributed by atoms with van der Waals surface area (Å²) >= 11 is 0. The van der Waals surface area contributed by atoms with Gasteiger partial charge in [-0.3, -0.25) is 0 Å². The molecule has 0 saturated heterocycles. The second-order valence-corrected chi connectivity index (χ2v) is 4.01. The van der Waals surface area contributed by atoms with Crippen molar-refractivity contribution in [3.05, 3.63) is 67.0 Å². The Bertz CT molecular complexity index is 686. The number of aromatic nitrogens is 5. The van der Waals surface area contributed by atoms with E-state index in [0.29, 0.717) is 0 Å². The molecule has 0 aliphatic rings. The van der Waals surface area contributed by atoms with Crippen molar-refractivity contribution in [2.24, 2.45) is 0 Å². The van der Waals surface area contributed by atoms with Crippen molar-refractivity contribution in [2.75, 3.05) is 0 Å². The highest BCUT2D eigenvalue weighted by molar-refractivity contribution is 5.85. The van der Waals surface area contributed by atoms with Gasteiger partial charge in [0.2, 0.25) is 0 Å². The average molecular weight is 261 g/mol. The zero-order valence-corrected chi connectivity index (χ0v) is 10.6. The van der Waals surface area contributed by atoms with Crippen LogP contribution in [0.3, 0.4) is 0 Å². The lowest BCUT2D eigenvalue weighted by Crippen LogP contribution is -1.85. The summed E-state index contributed by atoms with van der Waals surface area (Å²) in [6, 6.07) is 17.6. The van der Waals surface area contributed by atoms with E-state index < -0.39 is 0 Å². The van der Waals surface area contributed by atoms with Crippen molar-refractivity contribution in [1.29, 1.82) is 0 Å². The molecule has 2 aromatic heterocycles. The van der Waals surface area contributed by atoms with E-state index in [1.807, 2.05) is 48.5 Å². The van der Waals surface area contributed by atoms with Gasteiger partial charge in [-0.25, -0.2) is 9.97 Å². The van der Waals surface area contributed by atoms with Crippen molar-refractivity contribution in [1.82, 2.24) is 25.4 Å². The van der Waals surface area contributed by atoms with E-state index in [0.717, 1.165) is 22.1 Å². The monoisotopic (exact) mass is 261 g/mol. The van der Waals surface area contributed by atoms with Gasteiger partial charge in [0.15, 0.2) is 0 Å². The molecule has 0 spiro atoms. The molecule has 0 bridgehead atoms. The van der Waals surface area contributed by atoms with Crippen LogP contribution in [0.5, 0.6) is 0 Å². The minimum atomic E-state index is 0.950. The Kier molecular flexibility index (Phi) is 3.51. The fourth-order valence-electron chi connectivity index (χ4n) is 1.77. The van der Waals surface area contributed by atoms with Crippen LogP contribution in [-0.2, 0) is 0 Å². The Morgan fingerprint density at radius 1 is 0.500 bits per heavy atom. The smallest absolute Gasteiger partial charge is 0.0894 e. The molecule has 2 aromatic carbocycles. The Morgan fingerprint density at radius 3 is 1.15 bits per heavy atom. The fourth-order valence-corrected chi connectivity index (χ4v) is 1.77. The zero-order valence-electron chi connectivity index (χ0n) is 10.6. The summed E-state index contributed by atoms with van der Waals surface area (Å²) in [4.78, 5) is 9.03. The molecule has 0 amide bonds. The summed E-state index contributed by atoms with van der Waals surface area (Å²) in [5.41, 5.74) is 3.80. The number of para-hydroxylation sites is 4. The zero-order chi connectivity index (χ0) is 13.6. The Morgan fingerprint density at radius 2 is 0.900 bits per heavy atom. The number of hydrogen-bond donors (Lipinski definition) is 0. The van der Waals surface area contributed by atoms with Crippen LogP contribution in [0.25, 0.3) is 22.1 Å². The van der Waals surface area contributed by atoms with Crippen LogP contribution in [0.4, 0.5) is 0 Å². The predicted molar refractivity (Wildman–Crippen MR) is 76.9 cm³/mol. The van der Waals surface area contributed by atoms with Gasteiger partial charge in [0, 0.05) is 0 Å². The molecule has 0 aliphatic carbocycles. The summed E-state index contributed by atoms with van der Waals surface area (Å²) in [7, 11) is 0. The summed E-state index contributed by atoms with van der Waals surface area (Å²) < 4.78 is 0. The van der Waals surface area contributed by atoms with Crippen LogP contribution in [0.2, 0.25) is 0 Å². The lowest BCUT2D eigenvalue weighted by atomic mass is 10.2. The standard InChI is InChI=1S/C12H8N2.C3H3N3/c1-2-6-10-9(5-1)13-11-7-3-4-8-12(11)14-10;1-2-4-6-5-3-1/h1-8H;1-3H. The number of benzene rings is 2. The summed E-state index contributed by atoms with van der Waals surface area (Å²) in [5, 5.41) is 10.1. The van der Waals surface area contributed by atoms with Crippen molar-refractivity contribution in [2.45, 2.75) is 0 Å². The quantitative estimate of drug-likeness (QED) is 0.455. The van der Waals surface area contributed by atoms with Crippen molar-refractivity contribution >= 4 is 22.1 Å². The molecule has 0 fully saturated rings. The molecule has 96 valence electrons. The van der Waals surface area contributed by atoms with Gasteiger partial charge >= 0.3 is 0 Å². The van der Waals surface area contributed by atoms with E-state index >= 15 is 0 Å². The van der Waals surface area contributed by atoms with Crippen molar-refractivity contribution in [3.63, 3.8) is 0 Å². The largest absolute Gasteiger partial charge is 0.245 e. The lowest BCUT2D eigenvalue weighted by Gasteiger charge is -1.98. The van der Waals surface area contributed by atoms with Gasteiger partial charge in [0.25, 0.3) is 0 Å². The highest BCUT2D eigenvalue weighted by Crippen LogP contribution is 2.14. The maximum atomic E-state index is 4.52. The molecule has 4 aromatic rings. The molecule has 5 heteroatoms. The van der Waals surface area contributed by atoms with E-state index in [1.165, 1.54) is 0 Å². The Balaban J connectivity index is 0.000000170. The van der Waals surface area contributed by atoms with Crippen LogP contribution < -0.4 is 0 Å². The molecule has 0 aliphatic heterocycles. The maximum Gasteiger partial charge on any atom is 0.0894 e. The second-order valence-electron chi connectivity index (χ2n) is 4.01. The summed E-state index contributed by atoms with van der Waals surface area (Å²) in [6.45, 7) is 0. The van der Waals surface area contributed by atoms with E-state index in [-0.39, 0.29) is 0 Å². The van der Waals surface area contributed by atoms with Gasteiger partial charge in [-0.1, -0.05) is 24.3 Å². The Labute approximate surface area is 115 Å². The van der Waals surface area contributed by atoms with Gasteiger partial charge in [-0.05, 0) is 35.5 Å². The minimum absolute atomic E-state index is 0.950. The number of rotatable bonds is 0. The molecule has 2 heterocycles. The van der Waals surface area contributed by atoms with Gasteiger partial charge < -0.3 is 0 Å². The SMILES string of the molecule is c1ccc2nc3ccccc3nc2c1.c1cnnnc1. The van der Waals surface area contributed by atoms with Crippen LogP contribution in [0.1, 0.15) is 0 Å². The molecule has 0 unspecified atom stereocenters. The normalized spacial score (nSPS) is 10.0. The molecular weight excluding hydrogens is 250 g/mol. The first-order chi connectivity index (χ1) is 9.93. The van der Waals surface area contributed by atoms with E-state index in [2.05, 4.69) is 25.4 Å². The van der Waals surface area contributed by atoms with Crippen LogP contribution >= 0.6 is 0 Å². The Hall–Kier alpha value is -2.95. The van der Waals surface area contributed by atoms with Crippen molar-refractivity contribution in [3.8, 4) is 0 Å². The highest BCUT2D eigenvalue weighted by Gasteiger charge is 1.98. The highest BCUT2D eigenvalue weighted by atomic mass is 15.3. The van der Waals surface area contributed by atoms with Crippen molar-refractivity contribution < 1.29 is 0 Å². The lowest BCUT2D eigenvalue weighted by molar-refractivity contribution is 0.865. The molecule has 5 nitrogen and oxygen atoms in total. The molecule has 0 N–H and O–H groups in total. The third-order valence-corrected chi connectivity index (χ3v) is 2.65. The molecule has 0 saturated carbocycles. The third-order valence-electron chi connectivity index (χ3n) is 2.65. The third kappa shape index (κ3) is 2.72. The predicted octanol–water partition coefficient (Wildman–Crippen LogP) is 2.65. The van der Waals surface area contributed by atoms with Gasteiger partial charge in [0.05, 0.1) is 34.5 Å². The molecule has 0 radical (unpaired) electrons. The van der Waals surface area contributed by atoms with Crippen LogP contribution in [-0.4, -0.2) is 25.4 Å². The van der Waals surface area contributed by atoms with Crippen LogP contribution in [0, 0.1) is 0 Å². The molecule has 0 atom stereocenters. The van der Waals surface area contributed by atoms with Gasteiger partial charge in [-0.2, -0.15) is 0 Å². The molecule has 20 heavy (non-hydrogen) atoms. The number of fused-ring (bicyclic) bond motifs is 2. The first-order valence-electron chi connectivity index (χ1n) is 6.13. The molecule has 4 rings (SSSR count). The van der Waals surface area contributed by atoms with E-state index in [4.69, 9.17) is 0 Å². The van der Waals surface area contributed by atoms with Gasteiger partial charge in [0.1, 0.15) is 0 Å². The summed E-state index contributed by atoms with van der Waals surface area (Å²) in [5.74, 6) is 0. The summed E-state index contributed by atoms with van der Waals surface area (Å²) in [6.07, 6.45) is 3.15. The van der Waals surface area contributed by atoms with Gasteiger partial charge in [-0.15, -0.1) is 10.2 Å². The minimum Gasteiger partial charge on any atom is -0.245 e. The van der Waals surface area contributed by atoms with Crippen LogP contribution in [0.15, 0.2) is 67.0 Å². The first kappa shape index (κ1) is 12.1. The number of nitrogens with zero attached hydrogens (tertiary/aromatic N) is 5.